The molecule has 134 valence electrons. The van der Waals surface area contributed by atoms with E-state index in [1.54, 1.807) is 11.6 Å². The van der Waals surface area contributed by atoms with Gasteiger partial charge in [-0.25, -0.2) is 9.50 Å². The lowest BCUT2D eigenvalue weighted by Gasteiger charge is -2.32. The van der Waals surface area contributed by atoms with Gasteiger partial charge in [0.05, 0.1) is 6.10 Å². The Kier molecular flexibility index (Phi) is 4.42. The molecule has 0 saturated carbocycles. The van der Waals surface area contributed by atoms with Crippen LogP contribution in [0.4, 0.5) is 0 Å². The van der Waals surface area contributed by atoms with E-state index in [1.165, 1.54) is 0 Å². The molecule has 1 aromatic carbocycles. The van der Waals surface area contributed by atoms with Crippen molar-refractivity contribution in [2.45, 2.75) is 25.9 Å². The molecule has 1 fully saturated rings. The summed E-state index contributed by atoms with van der Waals surface area (Å²) >= 11 is 0. The Morgan fingerprint density at radius 3 is 2.96 bits per heavy atom. The van der Waals surface area contributed by atoms with Gasteiger partial charge in [-0.3, -0.25) is 4.79 Å². The Balaban J connectivity index is 1.62. The van der Waals surface area contributed by atoms with E-state index in [-0.39, 0.29) is 12.0 Å². The minimum absolute atomic E-state index is 0.0614. The second-order valence-corrected chi connectivity index (χ2v) is 6.71. The van der Waals surface area contributed by atoms with Gasteiger partial charge in [-0.2, -0.15) is 5.10 Å². The summed E-state index contributed by atoms with van der Waals surface area (Å²) in [4.78, 5) is 19.1. The molecule has 0 bridgehead atoms. The monoisotopic (exact) mass is 350 g/mol. The van der Waals surface area contributed by atoms with E-state index in [2.05, 4.69) is 10.1 Å². The minimum atomic E-state index is 0.0614. The van der Waals surface area contributed by atoms with Crippen molar-refractivity contribution in [3.63, 3.8) is 0 Å². The number of fused-ring (bicyclic) bond motifs is 1. The molecule has 1 atom stereocenters. The van der Waals surface area contributed by atoms with Gasteiger partial charge in [0.15, 0.2) is 5.65 Å². The number of hydrogen-bond donors (Lipinski definition) is 0. The molecular weight excluding hydrogens is 328 g/mol. The van der Waals surface area contributed by atoms with Crippen molar-refractivity contribution in [3.05, 3.63) is 54.0 Å². The molecular formula is C20H22N4O2. The summed E-state index contributed by atoms with van der Waals surface area (Å²) in [6.45, 7) is 3.31. The number of aromatic nitrogens is 3. The van der Waals surface area contributed by atoms with Crippen LogP contribution < -0.4 is 0 Å². The molecule has 1 aliphatic heterocycles. The zero-order chi connectivity index (χ0) is 18.1. The van der Waals surface area contributed by atoms with Crippen LogP contribution in [0.3, 0.4) is 0 Å². The standard InChI is InChI=1S/C20H22N4O2/c1-14-21-19-9-8-17(12-24(19)22-14)15-5-3-6-16(11-15)20(25)23-10-4-7-18(13-23)26-2/h3,5-6,8-9,11-12,18H,4,7,10,13H2,1-2H3. The highest BCUT2D eigenvalue weighted by Gasteiger charge is 2.24. The smallest absolute Gasteiger partial charge is 0.253 e. The number of aryl methyl sites for hydroxylation is 1. The van der Waals surface area contributed by atoms with Crippen molar-refractivity contribution in [1.82, 2.24) is 19.5 Å². The van der Waals surface area contributed by atoms with E-state index in [9.17, 15) is 4.79 Å². The van der Waals surface area contributed by atoms with Crippen LogP contribution >= 0.6 is 0 Å². The summed E-state index contributed by atoms with van der Waals surface area (Å²) in [6, 6.07) is 11.7. The van der Waals surface area contributed by atoms with E-state index < -0.39 is 0 Å². The van der Waals surface area contributed by atoms with Gasteiger partial charge in [-0.1, -0.05) is 12.1 Å². The van der Waals surface area contributed by atoms with Crippen molar-refractivity contribution in [2.75, 3.05) is 20.2 Å². The lowest BCUT2D eigenvalue weighted by molar-refractivity contribution is 0.0269. The molecule has 1 saturated heterocycles. The normalized spacial score (nSPS) is 17.6. The van der Waals surface area contributed by atoms with Gasteiger partial charge in [0, 0.05) is 37.5 Å². The number of rotatable bonds is 3. The summed E-state index contributed by atoms with van der Waals surface area (Å²) in [5.74, 6) is 0.801. The highest BCUT2D eigenvalue weighted by molar-refractivity contribution is 5.95. The zero-order valence-electron chi connectivity index (χ0n) is 15.1. The van der Waals surface area contributed by atoms with E-state index in [1.807, 2.05) is 54.4 Å². The van der Waals surface area contributed by atoms with Gasteiger partial charge in [0.2, 0.25) is 0 Å². The zero-order valence-corrected chi connectivity index (χ0v) is 15.1. The van der Waals surface area contributed by atoms with Gasteiger partial charge in [-0.05, 0) is 49.6 Å². The van der Waals surface area contributed by atoms with Gasteiger partial charge < -0.3 is 9.64 Å². The van der Waals surface area contributed by atoms with Gasteiger partial charge in [0.1, 0.15) is 5.82 Å². The number of carbonyl (C=O) groups is 1. The van der Waals surface area contributed by atoms with Crippen molar-refractivity contribution >= 4 is 11.6 Å². The molecule has 4 rings (SSSR count). The molecule has 26 heavy (non-hydrogen) atoms. The van der Waals surface area contributed by atoms with Crippen LogP contribution in [0, 0.1) is 6.92 Å². The maximum atomic E-state index is 12.9. The number of piperidine rings is 1. The van der Waals surface area contributed by atoms with E-state index >= 15 is 0 Å². The molecule has 1 amide bonds. The summed E-state index contributed by atoms with van der Waals surface area (Å²) in [7, 11) is 1.71. The Morgan fingerprint density at radius 2 is 2.12 bits per heavy atom. The summed E-state index contributed by atoms with van der Waals surface area (Å²) in [5.41, 5.74) is 3.52. The molecule has 0 N–H and O–H groups in total. The number of amides is 1. The first kappa shape index (κ1) is 16.7. The number of nitrogens with zero attached hydrogens (tertiary/aromatic N) is 4. The van der Waals surface area contributed by atoms with Crippen molar-refractivity contribution in [1.29, 1.82) is 0 Å². The number of likely N-dealkylation sites (tertiary alicyclic amines) is 1. The quantitative estimate of drug-likeness (QED) is 0.729. The first-order valence-corrected chi connectivity index (χ1v) is 8.89. The lowest BCUT2D eigenvalue weighted by atomic mass is 10.0. The fraction of sp³-hybridized carbons (Fsp3) is 0.350. The molecule has 6 heteroatoms. The highest BCUT2D eigenvalue weighted by atomic mass is 16.5. The third-order valence-corrected chi connectivity index (χ3v) is 4.88. The van der Waals surface area contributed by atoms with Gasteiger partial charge in [-0.15, -0.1) is 0 Å². The highest BCUT2D eigenvalue weighted by Crippen LogP contribution is 2.23. The number of pyridine rings is 1. The SMILES string of the molecule is COC1CCCN(C(=O)c2cccc(-c3ccc4nc(C)nn4c3)c2)C1. The Labute approximate surface area is 152 Å². The average Bonchev–Trinajstić information content (AvgIpc) is 3.06. The van der Waals surface area contributed by atoms with Crippen LogP contribution in [0.25, 0.3) is 16.8 Å². The third-order valence-electron chi connectivity index (χ3n) is 4.88. The fourth-order valence-corrected chi connectivity index (χ4v) is 3.49. The average molecular weight is 350 g/mol. The van der Waals surface area contributed by atoms with Crippen LogP contribution in [0.15, 0.2) is 42.6 Å². The second kappa shape index (κ2) is 6.88. The molecule has 6 nitrogen and oxygen atoms in total. The largest absolute Gasteiger partial charge is 0.380 e. The third kappa shape index (κ3) is 3.20. The first-order valence-electron chi connectivity index (χ1n) is 8.89. The molecule has 3 heterocycles. The number of methoxy groups -OCH3 is 1. The maximum absolute atomic E-state index is 12.9. The Morgan fingerprint density at radius 1 is 1.23 bits per heavy atom. The lowest BCUT2D eigenvalue weighted by Crippen LogP contribution is -2.42. The van der Waals surface area contributed by atoms with Crippen LogP contribution in [0.2, 0.25) is 0 Å². The van der Waals surface area contributed by atoms with Crippen molar-refractivity contribution in [2.24, 2.45) is 0 Å². The van der Waals surface area contributed by atoms with Crippen LogP contribution in [0.5, 0.6) is 0 Å². The van der Waals surface area contributed by atoms with E-state index in [0.29, 0.717) is 12.1 Å². The summed E-state index contributed by atoms with van der Waals surface area (Å²) in [6.07, 6.45) is 4.07. The molecule has 1 unspecified atom stereocenters. The number of benzene rings is 1. The van der Waals surface area contributed by atoms with Crippen molar-refractivity contribution in [3.8, 4) is 11.1 Å². The second-order valence-electron chi connectivity index (χ2n) is 6.71. The first-order chi connectivity index (χ1) is 12.6. The number of carbonyl (C=O) groups excluding carboxylic acids is 1. The Hall–Kier alpha value is -2.73. The molecule has 0 spiro atoms. The predicted molar refractivity (Wildman–Crippen MR) is 99.1 cm³/mol. The van der Waals surface area contributed by atoms with E-state index in [4.69, 9.17) is 4.74 Å². The van der Waals surface area contributed by atoms with Crippen molar-refractivity contribution < 1.29 is 9.53 Å². The molecule has 2 aromatic heterocycles. The Bertz CT molecular complexity index is 950. The number of hydrogen-bond acceptors (Lipinski definition) is 4. The van der Waals surface area contributed by atoms with Crippen LogP contribution in [-0.4, -0.2) is 51.7 Å². The van der Waals surface area contributed by atoms with E-state index in [0.717, 1.165) is 42.0 Å². The van der Waals surface area contributed by atoms with Gasteiger partial charge in [0.25, 0.3) is 5.91 Å². The van der Waals surface area contributed by atoms with Gasteiger partial charge >= 0.3 is 0 Å². The van der Waals surface area contributed by atoms with Crippen LogP contribution in [-0.2, 0) is 4.74 Å². The predicted octanol–water partition coefficient (Wildman–Crippen LogP) is 2.96. The molecule has 0 radical (unpaired) electrons. The molecule has 1 aliphatic rings. The maximum Gasteiger partial charge on any atom is 0.253 e. The molecule has 3 aromatic rings. The topological polar surface area (TPSA) is 59.7 Å². The summed E-state index contributed by atoms with van der Waals surface area (Å²) in [5, 5.41) is 4.36. The van der Waals surface area contributed by atoms with Crippen LogP contribution in [0.1, 0.15) is 29.0 Å². The number of ether oxygens (including phenoxy) is 1. The fourth-order valence-electron chi connectivity index (χ4n) is 3.49. The molecule has 0 aliphatic carbocycles. The minimum Gasteiger partial charge on any atom is -0.380 e. The summed E-state index contributed by atoms with van der Waals surface area (Å²) < 4.78 is 7.20.